The highest BCUT2D eigenvalue weighted by Gasteiger charge is 2.00. The summed E-state index contributed by atoms with van der Waals surface area (Å²) in [6.45, 7) is 5.23. The van der Waals surface area contributed by atoms with Crippen LogP contribution >= 0.6 is 0 Å². The summed E-state index contributed by atoms with van der Waals surface area (Å²) in [7, 11) is 0. The summed E-state index contributed by atoms with van der Waals surface area (Å²) in [6, 6.07) is 4.29. The molecule has 0 amide bonds. The Hall–Kier alpha value is -1.62. The van der Waals surface area contributed by atoms with Gasteiger partial charge in [0.15, 0.2) is 0 Å². The number of rotatable bonds is 8. The number of aryl methyl sites for hydroxylation is 2. The Morgan fingerprint density at radius 1 is 1.44 bits per heavy atom. The third kappa shape index (κ3) is 3.70. The second kappa shape index (κ2) is 6.96. The van der Waals surface area contributed by atoms with Crippen LogP contribution in [0, 0.1) is 0 Å². The quantitative estimate of drug-likeness (QED) is 0.699. The van der Waals surface area contributed by atoms with E-state index in [4.69, 9.17) is 0 Å². The molecule has 18 heavy (non-hydrogen) atoms. The van der Waals surface area contributed by atoms with Crippen molar-refractivity contribution in [2.75, 3.05) is 6.54 Å². The molecule has 0 radical (unpaired) electrons. The fraction of sp³-hybridized carbons (Fsp3) is 0.538. The van der Waals surface area contributed by atoms with Crippen molar-refractivity contribution in [2.45, 2.75) is 39.3 Å². The number of nitrogens with one attached hydrogen (secondary N) is 2. The summed E-state index contributed by atoms with van der Waals surface area (Å²) < 4.78 is 2.31. The third-order valence-corrected chi connectivity index (χ3v) is 2.93. The van der Waals surface area contributed by atoms with Crippen molar-refractivity contribution in [2.24, 2.45) is 0 Å². The van der Waals surface area contributed by atoms with Crippen LogP contribution in [-0.2, 0) is 19.5 Å². The Labute approximate surface area is 108 Å². The number of aromatic amines is 1. The molecule has 0 bridgehead atoms. The van der Waals surface area contributed by atoms with E-state index in [1.165, 1.54) is 12.1 Å². The summed E-state index contributed by atoms with van der Waals surface area (Å²) in [5.74, 6) is 0.964. The minimum absolute atomic E-state index is 0.934. The Kier molecular flexibility index (Phi) is 4.96. The molecule has 2 heterocycles. The summed E-state index contributed by atoms with van der Waals surface area (Å²) in [5.41, 5.74) is 1.36. The highest BCUT2D eigenvalue weighted by Crippen LogP contribution is 2.03. The zero-order chi connectivity index (χ0) is 12.6. The van der Waals surface area contributed by atoms with Crippen molar-refractivity contribution in [1.29, 1.82) is 0 Å². The van der Waals surface area contributed by atoms with Crippen molar-refractivity contribution in [3.8, 4) is 0 Å². The van der Waals surface area contributed by atoms with Gasteiger partial charge < -0.3 is 9.88 Å². The molecular formula is C13H21N5. The Morgan fingerprint density at radius 2 is 2.39 bits per heavy atom. The maximum absolute atomic E-state index is 4.10. The molecule has 0 atom stereocenters. The lowest BCUT2D eigenvalue weighted by Crippen LogP contribution is -2.18. The molecule has 0 aliphatic heterocycles. The molecule has 0 aromatic carbocycles. The molecule has 5 heteroatoms. The average Bonchev–Trinajstić information content (AvgIpc) is 3.01. The fourth-order valence-electron chi connectivity index (χ4n) is 2.02. The minimum atomic E-state index is 0.934. The fourth-order valence-corrected chi connectivity index (χ4v) is 2.02. The SMILES string of the molecule is CCCn1cccc1CNCCCc1ncn[nH]1. The van der Waals surface area contributed by atoms with E-state index in [0.29, 0.717) is 0 Å². The van der Waals surface area contributed by atoms with Crippen LogP contribution in [0.1, 0.15) is 31.3 Å². The molecule has 98 valence electrons. The lowest BCUT2D eigenvalue weighted by Gasteiger charge is -2.08. The van der Waals surface area contributed by atoms with Crippen LogP contribution in [0.2, 0.25) is 0 Å². The molecule has 2 N–H and O–H groups in total. The van der Waals surface area contributed by atoms with E-state index < -0.39 is 0 Å². The molecule has 2 aromatic rings. The molecular weight excluding hydrogens is 226 g/mol. The highest BCUT2D eigenvalue weighted by molar-refractivity contribution is 5.06. The van der Waals surface area contributed by atoms with Gasteiger partial charge in [-0.05, 0) is 31.5 Å². The van der Waals surface area contributed by atoms with Gasteiger partial charge in [0.2, 0.25) is 0 Å². The first-order valence-corrected chi connectivity index (χ1v) is 6.59. The molecule has 2 rings (SSSR count). The third-order valence-electron chi connectivity index (χ3n) is 2.93. The number of H-pyrrole nitrogens is 1. The van der Waals surface area contributed by atoms with E-state index in [1.807, 2.05) is 0 Å². The van der Waals surface area contributed by atoms with Crippen LogP contribution in [-0.4, -0.2) is 26.3 Å². The van der Waals surface area contributed by atoms with E-state index in [1.54, 1.807) is 6.33 Å². The molecule has 2 aromatic heterocycles. The molecule has 5 nitrogen and oxygen atoms in total. The van der Waals surface area contributed by atoms with Crippen LogP contribution in [0.25, 0.3) is 0 Å². The van der Waals surface area contributed by atoms with E-state index in [0.717, 1.165) is 38.3 Å². The van der Waals surface area contributed by atoms with Gasteiger partial charge in [0.25, 0.3) is 0 Å². The predicted molar refractivity (Wildman–Crippen MR) is 71.1 cm³/mol. The van der Waals surface area contributed by atoms with Crippen molar-refractivity contribution in [3.63, 3.8) is 0 Å². The second-order valence-electron chi connectivity index (χ2n) is 4.41. The van der Waals surface area contributed by atoms with E-state index in [2.05, 4.69) is 50.3 Å². The maximum atomic E-state index is 4.10. The molecule has 0 aliphatic carbocycles. The zero-order valence-corrected chi connectivity index (χ0v) is 10.9. The van der Waals surface area contributed by atoms with Gasteiger partial charge in [0.05, 0.1) is 0 Å². The smallest absolute Gasteiger partial charge is 0.137 e. The van der Waals surface area contributed by atoms with Gasteiger partial charge in [0.1, 0.15) is 12.2 Å². The van der Waals surface area contributed by atoms with Crippen LogP contribution in [0.4, 0.5) is 0 Å². The molecule has 0 aliphatic rings. The highest BCUT2D eigenvalue weighted by atomic mass is 15.2. The Morgan fingerprint density at radius 3 is 3.17 bits per heavy atom. The molecule has 0 unspecified atom stereocenters. The normalized spacial score (nSPS) is 10.9. The van der Waals surface area contributed by atoms with Gasteiger partial charge in [-0.1, -0.05) is 6.92 Å². The molecule has 0 fully saturated rings. The van der Waals surface area contributed by atoms with Gasteiger partial charge in [0, 0.05) is 31.4 Å². The summed E-state index contributed by atoms with van der Waals surface area (Å²) in [4.78, 5) is 4.10. The lowest BCUT2D eigenvalue weighted by atomic mass is 10.3. The standard InChI is InChI=1S/C13H21N5/c1-2-8-18-9-4-5-12(18)10-14-7-3-6-13-15-11-16-17-13/h4-5,9,11,14H,2-3,6-8,10H2,1H3,(H,15,16,17). The van der Waals surface area contributed by atoms with Crippen molar-refractivity contribution >= 4 is 0 Å². The Bertz CT molecular complexity index is 432. The van der Waals surface area contributed by atoms with Gasteiger partial charge in [-0.3, -0.25) is 5.10 Å². The van der Waals surface area contributed by atoms with Crippen molar-refractivity contribution in [1.82, 2.24) is 25.1 Å². The van der Waals surface area contributed by atoms with Crippen LogP contribution < -0.4 is 5.32 Å². The molecule has 0 saturated carbocycles. The van der Waals surface area contributed by atoms with E-state index in [9.17, 15) is 0 Å². The van der Waals surface area contributed by atoms with E-state index >= 15 is 0 Å². The monoisotopic (exact) mass is 247 g/mol. The summed E-state index contributed by atoms with van der Waals surface area (Å²) in [5, 5.41) is 10.2. The molecule has 0 spiro atoms. The number of hydrogen-bond acceptors (Lipinski definition) is 3. The molecule has 0 saturated heterocycles. The topological polar surface area (TPSA) is 58.5 Å². The average molecular weight is 247 g/mol. The van der Waals surface area contributed by atoms with Crippen molar-refractivity contribution in [3.05, 3.63) is 36.2 Å². The van der Waals surface area contributed by atoms with E-state index in [-0.39, 0.29) is 0 Å². The zero-order valence-electron chi connectivity index (χ0n) is 10.9. The first-order valence-electron chi connectivity index (χ1n) is 6.59. The predicted octanol–water partition coefficient (Wildman–Crippen LogP) is 1.74. The van der Waals surface area contributed by atoms with Gasteiger partial charge in [-0.2, -0.15) is 5.10 Å². The van der Waals surface area contributed by atoms with Crippen LogP contribution in [0.3, 0.4) is 0 Å². The lowest BCUT2D eigenvalue weighted by molar-refractivity contribution is 0.587. The van der Waals surface area contributed by atoms with Crippen LogP contribution in [0.5, 0.6) is 0 Å². The summed E-state index contributed by atoms with van der Waals surface area (Å²) in [6.07, 6.45) is 6.90. The first-order chi connectivity index (χ1) is 8.90. The van der Waals surface area contributed by atoms with Gasteiger partial charge >= 0.3 is 0 Å². The maximum Gasteiger partial charge on any atom is 0.137 e. The van der Waals surface area contributed by atoms with Gasteiger partial charge in [-0.15, -0.1) is 0 Å². The largest absolute Gasteiger partial charge is 0.350 e. The summed E-state index contributed by atoms with van der Waals surface area (Å²) >= 11 is 0. The minimum Gasteiger partial charge on any atom is -0.350 e. The Balaban J connectivity index is 1.64. The second-order valence-corrected chi connectivity index (χ2v) is 4.41. The van der Waals surface area contributed by atoms with Gasteiger partial charge in [-0.25, -0.2) is 4.98 Å². The number of nitrogens with zero attached hydrogens (tertiary/aromatic N) is 3. The van der Waals surface area contributed by atoms with Crippen LogP contribution in [0.15, 0.2) is 24.7 Å². The number of aromatic nitrogens is 4. The first kappa shape index (κ1) is 12.8. The number of hydrogen-bond donors (Lipinski definition) is 2. The van der Waals surface area contributed by atoms with Crippen molar-refractivity contribution < 1.29 is 0 Å².